The summed E-state index contributed by atoms with van der Waals surface area (Å²) in [4.78, 5) is 30.5. The van der Waals surface area contributed by atoms with Gasteiger partial charge in [0.1, 0.15) is 5.82 Å². The van der Waals surface area contributed by atoms with Gasteiger partial charge in [-0.25, -0.2) is 4.39 Å². The van der Waals surface area contributed by atoms with Crippen molar-refractivity contribution in [2.45, 2.75) is 25.3 Å². The number of nitrogens with zero attached hydrogens (tertiary/aromatic N) is 2. The van der Waals surface area contributed by atoms with Crippen LogP contribution in [0, 0.1) is 11.7 Å². The minimum Gasteiger partial charge on any atom is -0.354 e. The van der Waals surface area contributed by atoms with Crippen molar-refractivity contribution < 1.29 is 14.0 Å². The molecule has 2 aromatic rings. The molecule has 3 rings (SSSR count). The molecule has 0 aliphatic carbocycles. The molecule has 1 aliphatic heterocycles. The minimum absolute atomic E-state index is 0.00712. The van der Waals surface area contributed by atoms with Crippen LogP contribution in [0.15, 0.2) is 41.8 Å². The third-order valence-electron chi connectivity index (χ3n) is 5.38. The maximum absolute atomic E-state index is 13.0. The average Bonchev–Trinajstić information content (AvgIpc) is 3.24. The first-order chi connectivity index (χ1) is 13.9. The fourth-order valence-corrected chi connectivity index (χ4v) is 4.59. The highest BCUT2D eigenvalue weighted by Gasteiger charge is 2.29. The minimum atomic E-state index is -0.311. The zero-order valence-corrected chi connectivity index (χ0v) is 17.8. The van der Waals surface area contributed by atoms with Crippen LogP contribution >= 0.6 is 11.3 Å². The van der Waals surface area contributed by atoms with Gasteiger partial charge in [0, 0.05) is 24.5 Å². The molecule has 0 saturated carbocycles. The molecule has 2 heterocycles. The summed E-state index contributed by atoms with van der Waals surface area (Å²) in [6, 6.07) is 10.2. The van der Waals surface area contributed by atoms with Gasteiger partial charge >= 0.3 is 0 Å². The molecule has 29 heavy (non-hydrogen) atoms. The van der Waals surface area contributed by atoms with Gasteiger partial charge < -0.3 is 15.1 Å². The number of piperidine rings is 1. The van der Waals surface area contributed by atoms with Gasteiger partial charge in [-0.15, -0.1) is 11.3 Å². The van der Waals surface area contributed by atoms with Crippen LogP contribution in [0.5, 0.6) is 0 Å². The molecular formula is C22H28FN3O2S. The summed E-state index contributed by atoms with van der Waals surface area (Å²) in [6.45, 7) is 1.66. The zero-order valence-electron chi connectivity index (χ0n) is 16.9. The molecule has 0 bridgehead atoms. The number of benzene rings is 1. The standard InChI is InChI=1S/C22H28FN3O2S/c1-25(2)19(20-6-4-12-29-20)14-24-22(28)17-5-3-11-26(15-17)21(27)13-16-7-9-18(23)10-8-16/h4,6-10,12,17,19H,3,5,11,13-15H2,1-2H3,(H,24,28)/t17-,19+/m1/s1. The van der Waals surface area contributed by atoms with Crippen LogP contribution in [0.25, 0.3) is 0 Å². The number of amides is 2. The van der Waals surface area contributed by atoms with Crippen molar-refractivity contribution >= 4 is 23.2 Å². The lowest BCUT2D eigenvalue weighted by Gasteiger charge is -2.33. The monoisotopic (exact) mass is 417 g/mol. The molecule has 1 fully saturated rings. The van der Waals surface area contributed by atoms with E-state index in [0.29, 0.717) is 19.6 Å². The summed E-state index contributed by atoms with van der Waals surface area (Å²) < 4.78 is 13.0. The van der Waals surface area contributed by atoms with Gasteiger partial charge in [0.2, 0.25) is 11.8 Å². The van der Waals surface area contributed by atoms with Crippen LogP contribution in [-0.4, -0.2) is 55.3 Å². The SMILES string of the molecule is CN(C)[C@@H](CNC(=O)[C@@H]1CCCN(C(=O)Cc2ccc(F)cc2)C1)c1cccs1. The Morgan fingerprint density at radius 3 is 2.69 bits per heavy atom. The second-order valence-corrected chi connectivity index (χ2v) is 8.70. The van der Waals surface area contributed by atoms with E-state index in [0.717, 1.165) is 18.4 Å². The summed E-state index contributed by atoms with van der Waals surface area (Å²) >= 11 is 1.68. The highest BCUT2D eigenvalue weighted by molar-refractivity contribution is 7.10. The first kappa shape index (κ1) is 21.5. The summed E-state index contributed by atoms with van der Waals surface area (Å²) in [5.74, 6) is -0.506. The number of likely N-dealkylation sites (N-methyl/N-ethyl adjacent to an activating group) is 1. The Morgan fingerprint density at radius 2 is 2.03 bits per heavy atom. The molecule has 7 heteroatoms. The summed E-state index contributed by atoms with van der Waals surface area (Å²) in [5.41, 5.74) is 0.785. The van der Waals surface area contributed by atoms with E-state index < -0.39 is 0 Å². The van der Waals surface area contributed by atoms with Crippen LogP contribution in [-0.2, 0) is 16.0 Å². The first-order valence-corrected chi connectivity index (χ1v) is 10.8. The van der Waals surface area contributed by atoms with E-state index in [-0.39, 0.29) is 36.0 Å². The van der Waals surface area contributed by atoms with Crippen molar-refractivity contribution in [3.63, 3.8) is 0 Å². The fraction of sp³-hybridized carbons (Fsp3) is 0.455. The summed E-state index contributed by atoms with van der Waals surface area (Å²) in [6.07, 6.45) is 1.84. The first-order valence-electron chi connectivity index (χ1n) is 9.94. The lowest BCUT2D eigenvalue weighted by atomic mass is 9.96. The largest absolute Gasteiger partial charge is 0.354 e. The Labute approximate surface area is 175 Å². The van der Waals surface area contributed by atoms with Crippen LogP contribution in [0.4, 0.5) is 4.39 Å². The summed E-state index contributed by atoms with van der Waals surface area (Å²) in [7, 11) is 4.01. The Hall–Kier alpha value is -2.25. The lowest BCUT2D eigenvalue weighted by Crippen LogP contribution is -2.47. The number of carbonyl (C=O) groups excluding carboxylic acids is 2. The molecule has 1 aromatic heterocycles. The van der Waals surface area contributed by atoms with E-state index in [9.17, 15) is 14.0 Å². The molecule has 1 aromatic carbocycles. The highest BCUT2D eigenvalue weighted by Crippen LogP contribution is 2.23. The Bertz CT molecular complexity index is 808. The van der Waals surface area contributed by atoms with Crippen molar-refractivity contribution in [2.75, 3.05) is 33.7 Å². The van der Waals surface area contributed by atoms with Crippen LogP contribution < -0.4 is 5.32 Å². The molecule has 2 amide bonds. The normalized spacial score (nSPS) is 17.9. The Kier molecular flexibility index (Phi) is 7.39. The molecule has 1 N–H and O–H groups in total. The van der Waals surface area contributed by atoms with E-state index >= 15 is 0 Å². The molecule has 156 valence electrons. The predicted octanol–water partition coefficient (Wildman–Crippen LogP) is 3.09. The molecule has 1 aliphatic rings. The lowest BCUT2D eigenvalue weighted by molar-refractivity contribution is -0.135. The number of nitrogens with one attached hydrogen (secondary N) is 1. The van der Waals surface area contributed by atoms with Crippen molar-refractivity contribution in [3.8, 4) is 0 Å². The quantitative estimate of drug-likeness (QED) is 0.753. The smallest absolute Gasteiger partial charge is 0.227 e. The highest BCUT2D eigenvalue weighted by atomic mass is 32.1. The van der Waals surface area contributed by atoms with E-state index in [1.807, 2.05) is 25.5 Å². The third-order valence-corrected chi connectivity index (χ3v) is 6.35. The second-order valence-electron chi connectivity index (χ2n) is 7.72. The number of thiophene rings is 1. The Balaban J connectivity index is 1.53. The number of hydrogen-bond acceptors (Lipinski definition) is 4. The van der Waals surface area contributed by atoms with Gasteiger partial charge in [0.25, 0.3) is 0 Å². The van der Waals surface area contributed by atoms with E-state index in [4.69, 9.17) is 0 Å². The van der Waals surface area contributed by atoms with Gasteiger partial charge in [-0.1, -0.05) is 18.2 Å². The molecule has 0 unspecified atom stereocenters. The number of carbonyl (C=O) groups is 2. The predicted molar refractivity (Wildman–Crippen MR) is 113 cm³/mol. The van der Waals surface area contributed by atoms with Crippen LogP contribution in [0.2, 0.25) is 0 Å². The van der Waals surface area contributed by atoms with Gasteiger partial charge in [-0.2, -0.15) is 0 Å². The fourth-order valence-electron chi connectivity index (χ4n) is 3.67. The topological polar surface area (TPSA) is 52.7 Å². The average molecular weight is 418 g/mol. The van der Waals surface area contributed by atoms with Crippen LogP contribution in [0.1, 0.15) is 29.3 Å². The number of rotatable bonds is 7. The van der Waals surface area contributed by atoms with Crippen molar-refractivity contribution in [1.29, 1.82) is 0 Å². The maximum Gasteiger partial charge on any atom is 0.227 e. The number of halogens is 1. The molecule has 1 saturated heterocycles. The van der Waals surface area contributed by atoms with Crippen molar-refractivity contribution in [2.24, 2.45) is 5.92 Å². The van der Waals surface area contributed by atoms with E-state index in [2.05, 4.69) is 16.3 Å². The third kappa shape index (κ3) is 5.87. The molecule has 0 radical (unpaired) electrons. The molecule has 5 nitrogen and oxygen atoms in total. The maximum atomic E-state index is 13.0. The van der Waals surface area contributed by atoms with Gasteiger partial charge in [-0.3, -0.25) is 9.59 Å². The van der Waals surface area contributed by atoms with Gasteiger partial charge in [0.15, 0.2) is 0 Å². The second kappa shape index (κ2) is 9.98. The number of hydrogen-bond donors (Lipinski definition) is 1. The van der Waals surface area contributed by atoms with E-state index in [1.54, 1.807) is 28.4 Å². The Morgan fingerprint density at radius 1 is 1.28 bits per heavy atom. The van der Waals surface area contributed by atoms with E-state index in [1.165, 1.54) is 17.0 Å². The molecule has 0 spiro atoms. The number of likely N-dealkylation sites (tertiary alicyclic amines) is 1. The zero-order chi connectivity index (χ0) is 20.8. The molecular weight excluding hydrogens is 389 g/mol. The molecule has 2 atom stereocenters. The van der Waals surface area contributed by atoms with Crippen molar-refractivity contribution in [1.82, 2.24) is 15.1 Å². The van der Waals surface area contributed by atoms with Gasteiger partial charge in [0.05, 0.1) is 18.4 Å². The van der Waals surface area contributed by atoms with Crippen LogP contribution in [0.3, 0.4) is 0 Å². The van der Waals surface area contributed by atoms with Gasteiger partial charge in [-0.05, 0) is 56.1 Å². The van der Waals surface area contributed by atoms with Crippen molar-refractivity contribution in [3.05, 3.63) is 58.0 Å². The summed E-state index contributed by atoms with van der Waals surface area (Å²) in [5, 5.41) is 5.12.